The van der Waals surface area contributed by atoms with Gasteiger partial charge in [-0.2, -0.15) is 0 Å². The number of hydrogen-bond acceptors (Lipinski definition) is 4. The number of ether oxygens (including phenoxy) is 2. The minimum Gasteiger partial charge on any atom is -0.493 e. The fourth-order valence-corrected chi connectivity index (χ4v) is 4.55. The second-order valence-electron chi connectivity index (χ2n) is 8.37. The number of anilines is 1. The summed E-state index contributed by atoms with van der Waals surface area (Å²) in [5.41, 5.74) is 3.69. The van der Waals surface area contributed by atoms with Gasteiger partial charge in [0.15, 0.2) is 0 Å². The summed E-state index contributed by atoms with van der Waals surface area (Å²) in [4.78, 5) is 15.4. The molecule has 1 unspecified atom stereocenters. The zero-order valence-corrected chi connectivity index (χ0v) is 19.2. The van der Waals surface area contributed by atoms with Crippen molar-refractivity contribution in [2.75, 3.05) is 32.2 Å². The smallest absolute Gasteiger partial charge is 0.257 e. The predicted molar refractivity (Wildman–Crippen MR) is 135 cm³/mol. The second kappa shape index (κ2) is 9.98. The fraction of sp³-hybridized carbons (Fsp3) is 0.207. The topological polar surface area (TPSA) is 50.8 Å². The number of carbonyl (C=O) groups excluding carboxylic acids is 1. The molecular formula is C29H28N2O3. The van der Waals surface area contributed by atoms with Crippen LogP contribution in [0.25, 0.3) is 10.8 Å². The Labute approximate surface area is 199 Å². The first kappa shape index (κ1) is 22.0. The summed E-state index contributed by atoms with van der Waals surface area (Å²) in [5, 5.41) is 5.78. The lowest BCUT2D eigenvalue weighted by Crippen LogP contribution is -2.44. The molecule has 34 heavy (non-hydrogen) atoms. The molecule has 0 bridgehead atoms. The first-order chi connectivity index (χ1) is 16.8. The number of nitrogens with one attached hydrogen (secondary N) is 1. The van der Waals surface area contributed by atoms with Gasteiger partial charge < -0.3 is 19.7 Å². The number of rotatable bonds is 8. The number of nitrogens with zero attached hydrogens (tertiary/aromatic N) is 1. The molecule has 0 radical (unpaired) electrons. The zero-order valence-electron chi connectivity index (χ0n) is 19.2. The molecule has 172 valence electrons. The Bertz CT molecular complexity index is 1290. The molecule has 1 N–H and O–H groups in total. The Hall–Kier alpha value is -3.83. The summed E-state index contributed by atoms with van der Waals surface area (Å²) < 4.78 is 11.7. The largest absolute Gasteiger partial charge is 0.493 e. The van der Waals surface area contributed by atoms with Gasteiger partial charge in [-0.3, -0.25) is 4.79 Å². The van der Waals surface area contributed by atoms with Crippen molar-refractivity contribution in [2.24, 2.45) is 0 Å². The molecule has 5 heteroatoms. The SMILES string of the molecule is COCCN1C(=O)c2ccccc2NC1c1c(OCCc2ccccc2)ccc2ccccc12. The summed E-state index contributed by atoms with van der Waals surface area (Å²) >= 11 is 0. The third kappa shape index (κ3) is 4.35. The highest BCUT2D eigenvalue weighted by Gasteiger charge is 2.35. The van der Waals surface area contributed by atoms with Crippen molar-refractivity contribution in [1.82, 2.24) is 4.90 Å². The third-order valence-electron chi connectivity index (χ3n) is 6.25. The molecule has 0 aromatic heterocycles. The van der Waals surface area contributed by atoms with E-state index >= 15 is 0 Å². The average molecular weight is 453 g/mol. The summed E-state index contributed by atoms with van der Waals surface area (Å²) in [6.07, 6.45) is 0.427. The van der Waals surface area contributed by atoms with E-state index in [1.54, 1.807) is 7.11 Å². The van der Waals surface area contributed by atoms with E-state index in [0.29, 0.717) is 25.3 Å². The molecule has 0 fully saturated rings. The van der Waals surface area contributed by atoms with E-state index in [2.05, 4.69) is 35.6 Å². The van der Waals surface area contributed by atoms with E-state index in [1.807, 2.05) is 65.6 Å². The first-order valence-electron chi connectivity index (χ1n) is 11.6. The highest BCUT2D eigenvalue weighted by atomic mass is 16.5. The van der Waals surface area contributed by atoms with Gasteiger partial charge in [0.25, 0.3) is 5.91 Å². The van der Waals surface area contributed by atoms with Crippen LogP contribution >= 0.6 is 0 Å². The number of hydrogen-bond donors (Lipinski definition) is 1. The maximum atomic E-state index is 13.5. The minimum absolute atomic E-state index is 0.0143. The van der Waals surface area contributed by atoms with Crippen LogP contribution in [0.1, 0.15) is 27.7 Å². The monoisotopic (exact) mass is 452 g/mol. The van der Waals surface area contributed by atoms with Crippen molar-refractivity contribution in [1.29, 1.82) is 0 Å². The van der Waals surface area contributed by atoms with E-state index in [0.717, 1.165) is 34.2 Å². The van der Waals surface area contributed by atoms with Crippen molar-refractivity contribution in [3.05, 3.63) is 108 Å². The highest BCUT2D eigenvalue weighted by molar-refractivity contribution is 6.02. The van der Waals surface area contributed by atoms with Crippen molar-refractivity contribution < 1.29 is 14.3 Å². The normalized spacial score (nSPS) is 15.1. The number of fused-ring (bicyclic) bond motifs is 2. The van der Waals surface area contributed by atoms with Crippen molar-refractivity contribution >= 4 is 22.4 Å². The molecule has 1 atom stereocenters. The van der Waals surface area contributed by atoms with Crippen molar-refractivity contribution in [3.63, 3.8) is 0 Å². The molecule has 0 spiro atoms. The zero-order chi connectivity index (χ0) is 23.3. The standard InChI is InChI=1S/C29H28N2O3/c1-33-20-18-31-28(30-25-14-8-7-13-24(25)29(31)32)27-23-12-6-5-11-22(23)15-16-26(27)34-19-17-21-9-3-2-4-10-21/h2-16,28,30H,17-20H2,1H3. The van der Waals surface area contributed by atoms with Crippen LogP contribution in [-0.2, 0) is 11.2 Å². The van der Waals surface area contributed by atoms with Crippen LogP contribution in [0.3, 0.4) is 0 Å². The molecule has 1 aliphatic rings. The highest BCUT2D eigenvalue weighted by Crippen LogP contribution is 2.40. The number of methoxy groups -OCH3 is 1. The van der Waals surface area contributed by atoms with Gasteiger partial charge in [-0.15, -0.1) is 0 Å². The number of amides is 1. The van der Waals surface area contributed by atoms with Crippen LogP contribution in [0.2, 0.25) is 0 Å². The average Bonchev–Trinajstić information content (AvgIpc) is 2.88. The Morgan fingerprint density at radius 1 is 0.853 bits per heavy atom. The molecule has 4 aromatic rings. The molecule has 5 nitrogen and oxygen atoms in total. The molecule has 0 saturated heterocycles. The molecule has 1 aliphatic heterocycles. The van der Waals surface area contributed by atoms with Crippen molar-refractivity contribution in [2.45, 2.75) is 12.6 Å². The summed E-state index contributed by atoms with van der Waals surface area (Å²) in [5.74, 6) is 0.765. The number of benzene rings is 4. The van der Waals surface area contributed by atoms with Crippen LogP contribution < -0.4 is 10.1 Å². The van der Waals surface area contributed by atoms with Crippen LogP contribution in [0.5, 0.6) is 5.75 Å². The Morgan fingerprint density at radius 2 is 1.62 bits per heavy atom. The number of para-hydroxylation sites is 1. The Balaban J connectivity index is 1.55. The predicted octanol–water partition coefficient (Wildman–Crippen LogP) is 5.67. The van der Waals surface area contributed by atoms with Gasteiger partial charge in [0, 0.05) is 31.3 Å². The summed E-state index contributed by atoms with van der Waals surface area (Å²) in [6, 6.07) is 30.3. The van der Waals surface area contributed by atoms with Gasteiger partial charge >= 0.3 is 0 Å². The number of carbonyl (C=O) groups is 1. The van der Waals surface area contributed by atoms with Crippen LogP contribution in [-0.4, -0.2) is 37.7 Å². The van der Waals surface area contributed by atoms with E-state index in [4.69, 9.17) is 9.47 Å². The summed E-state index contributed by atoms with van der Waals surface area (Å²) in [7, 11) is 1.65. The molecule has 0 saturated carbocycles. The lowest BCUT2D eigenvalue weighted by molar-refractivity contribution is 0.0608. The molecule has 1 amide bonds. The van der Waals surface area contributed by atoms with E-state index in [1.165, 1.54) is 5.56 Å². The minimum atomic E-state index is -0.379. The van der Waals surface area contributed by atoms with Gasteiger partial charge in [-0.25, -0.2) is 0 Å². The van der Waals surface area contributed by atoms with Crippen molar-refractivity contribution in [3.8, 4) is 5.75 Å². The van der Waals surface area contributed by atoms with Gasteiger partial charge in [0.1, 0.15) is 11.9 Å². The Morgan fingerprint density at radius 3 is 2.47 bits per heavy atom. The van der Waals surface area contributed by atoms with Gasteiger partial charge in [0.2, 0.25) is 0 Å². The van der Waals surface area contributed by atoms with E-state index in [9.17, 15) is 4.79 Å². The van der Waals surface area contributed by atoms with Crippen LogP contribution in [0.4, 0.5) is 5.69 Å². The molecular weight excluding hydrogens is 424 g/mol. The van der Waals surface area contributed by atoms with Crippen LogP contribution in [0.15, 0.2) is 91.0 Å². The third-order valence-corrected chi connectivity index (χ3v) is 6.25. The molecule has 5 rings (SSSR count). The summed E-state index contributed by atoms with van der Waals surface area (Å²) in [6.45, 7) is 1.46. The van der Waals surface area contributed by atoms with E-state index in [-0.39, 0.29) is 12.1 Å². The van der Waals surface area contributed by atoms with Gasteiger partial charge in [-0.1, -0.05) is 72.8 Å². The molecule has 0 aliphatic carbocycles. The second-order valence-corrected chi connectivity index (χ2v) is 8.37. The lowest BCUT2D eigenvalue weighted by Gasteiger charge is -2.39. The van der Waals surface area contributed by atoms with E-state index < -0.39 is 0 Å². The molecule has 4 aromatic carbocycles. The maximum Gasteiger partial charge on any atom is 0.257 e. The quantitative estimate of drug-likeness (QED) is 0.374. The first-order valence-corrected chi connectivity index (χ1v) is 11.6. The maximum absolute atomic E-state index is 13.5. The Kier molecular flexibility index (Phi) is 6.45. The molecule has 1 heterocycles. The van der Waals surface area contributed by atoms with Crippen LogP contribution in [0, 0.1) is 0 Å². The fourth-order valence-electron chi connectivity index (χ4n) is 4.55. The van der Waals surface area contributed by atoms with Gasteiger partial charge in [0.05, 0.1) is 18.8 Å². The van der Waals surface area contributed by atoms with Gasteiger partial charge in [-0.05, 0) is 34.5 Å². The lowest BCUT2D eigenvalue weighted by atomic mass is 9.97.